The number of ketones is 2. The van der Waals surface area contributed by atoms with Crippen molar-refractivity contribution in [3.8, 4) is 0 Å². The number of aromatic amines is 4. The standard InChI is InChI=1S/C27H36F2O5.C5H4N4O3/c1-5-6-7-23(33)34-14-21(31)24-15(2)10-17-18-12-20(28)19-11-16(30)8-9-26(19,4)27(18,29)22(32)13-25(17,24)3;10-3-1-2(7-4(11)6-1)8-5(12)9-3/h8-9,11,15,17-18,20,22,24,32H,5-7,10,12-14H2,1-4H3;(H4,6,7,8,9,10,11,12)/t15-,17+,18+,20+,22+,24-,25+,26+,27+;/m1./s1. The van der Waals surface area contributed by atoms with Gasteiger partial charge in [0.2, 0.25) is 0 Å². The van der Waals surface area contributed by atoms with Gasteiger partial charge in [0, 0.05) is 23.7 Å². The van der Waals surface area contributed by atoms with E-state index in [2.05, 4.69) is 15.0 Å². The molecule has 250 valence electrons. The van der Waals surface area contributed by atoms with E-state index in [0.717, 1.165) is 6.42 Å². The van der Waals surface area contributed by atoms with Crippen molar-refractivity contribution in [3.05, 3.63) is 55.1 Å². The summed E-state index contributed by atoms with van der Waals surface area (Å²) in [5, 5.41) is 11.3. The first-order chi connectivity index (χ1) is 21.6. The highest BCUT2D eigenvalue weighted by molar-refractivity contribution is 6.01. The van der Waals surface area contributed by atoms with Gasteiger partial charge in [-0.15, -0.1) is 0 Å². The zero-order valence-electron chi connectivity index (χ0n) is 26.2. The number of imidazole rings is 1. The molecule has 0 bridgehead atoms. The minimum atomic E-state index is -2.15. The molecule has 4 aliphatic rings. The average Bonchev–Trinajstić information content (AvgIpc) is 3.48. The lowest BCUT2D eigenvalue weighted by molar-refractivity contribution is -0.202. The summed E-state index contributed by atoms with van der Waals surface area (Å²) in [6.07, 6.45) is 3.20. The third-order valence-corrected chi connectivity index (χ3v) is 10.8. The van der Waals surface area contributed by atoms with Crippen molar-refractivity contribution in [2.45, 2.75) is 84.2 Å². The van der Waals surface area contributed by atoms with Crippen molar-refractivity contribution >= 4 is 28.7 Å². The zero-order chi connectivity index (χ0) is 33.8. The Kier molecular flexibility index (Phi) is 8.73. The smallest absolute Gasteiger partial charge is 0.327 e. The van der Waals surface area contributed by atoms with E-state index in [1.54, 1.807) is 6.92 Å². The Hall–Kier alpha value is -3.94. The molecule has 2 heterocycles. The highest BCUT2D eigenvalue weighted by Crippen LogP contribution is 2.70. The van der Waals surface area contributed by atoms with Crippen LogP contribution in [0.25, 0.3) is 11.2 Å². The van der Waals surface area contributed by atoms with Gasteiger partial charge in [0.15, 0.2) is 17.2 Å². The van der Waals surface area contributed by atoms with Crippen molar-refractivity contribution in [2.24, 2.45) is 34.5 Å². The maximum absolute atomic E-state index is 17.1. The van der Waals surface area contributed by atoms with E-state index in [0.29, 0.717) is 12.8 Å². The maximum atomic E-state index is 17.1. The highest BCUT2D eigenvalue weighted by atomic mass is 19.1. The SMILES string of the molecule is CCCCC(=O)OCC(=O)[C@H]1[C@H](C)C[C@H]2[C@@H]3C[C@H](F)C4=CC(=O)C=C[C@]4(C)[C@@]3(F)[C@@H](O)C[C@@]21C.O=c1[nH]c(=O)c2[nH]c(=O)[nH]c2[nH]1. The quantitative estimate of drug-likeness (QED) is 0.296. The number of hydrogen-bond acceptors (Lipinski definition) is 8. The predicted octanol–water partition coefficient (Wildman–Crippen LogP) is 2.70. The molecular weight excluding hydrogens is 606 g/mol. The lowest BCUT2D eigenvalue weighted by Crippen LogP contribution is -2.68. The van der Waals surface area contributed by atoms with Gasteiger partial charge in [-0.3, -0.25) is 39.1 Å². The number of aliphatic hydroxyl groups excluding tert-OH is 1. The van der Waals surface area contributed by atoms with Gasteiger partial charge in [-0.05, 0) is 67.6 Å². The van der Waals surface area contributed by atoms with E-state index in [4.69, 9.17) is 4.74 Å². The second-order valence-corrected chi connectivity index (χ2v) is 13.6. The van der Waals surface area contributed by atoms with E-state index in [-0.39, 0.29) is 66.0 Å². The molecule has 0 amide bonds. The Morgan fingerprint density at radius 2 is 1.72 bits per heavy atom. The fourth-order valence-electron chi connectivity index (χ4n) is 8.85. The lowest BCUT2D eigenvalue weighted by Gasteiger charge is -2.62. The molecule has 2 aromatic rings. The molecule has 2 aromatic heterocycles. The first-order valence-electron chi connectivity index (χ1n) is 15.7. The molecule has 0 spiro atoms. The van der Waals surface area contributed by atoms with Crippen LogP contribution in [0, 0.1) is 34.5 Å². The summed E-state index contributed by atoms with van der Waals surface area (Å²) in [6.45, 7) is 7.03. The number of hydrogen-bond donors (Lipinski definition) is 5. The van der Waals surface area contributed by atoms with Gasteiger partial charge in [-0.25, -0.2) is 18.4 Å². The molecule has 9 atom stereocenters. The number of H-pyrrole nitrogens is 4. The number of rotatable bonds is 6. The van der Waals surface area contributed by atoms with E-state index in [1.807, 2.05) is 25.8 Å². The number of carbonyl (C=O) groups is 3. The van der Waals surface area contributed by atoms with Gasteiger partial charge < -0.3 is 9.84 Å². The number of fused-ring (bicyclic) bond motifs is 6. The summed E-state index contributed by atoms with van der Waals surface area (Å²) in [6, 6.07) is 0. The van der Waals surface area contributed by atoms with Crippen molar-refractivity contribution in [1.82, 2.24) is 19.9 Å². The monoisotopic (exact) mass is 646 g/mol. The van der Waals surface area contributed by atoms with Crippen LogP contribution in [0.5, 0.6) is 0 Å². The lowest BCUT2D eigenvalue weighted by atomic mass is 9.45. The fourth-order valence-corrected chi connectivity index (χ4v) is 8.85. The van der Waals surface area contributed by atoms with Gasteiger partial charge >= 0.3 is 17.3 Å². The number of nitrogens with one attached hydrogen (secondary N) is 4. The molecule has 6 rings (SSSR count). The molecular formula is C32H40F2N4O8. The number of esters is 1. The molecule has 4 aliphatic carbocycles. The van der Waals surface area contributed by atoms with Crippen LogP contribution in [0.15, 0.2) is 38.2 Å². The van der Waals surface area contributed by atoms with Crippen LogP contribution >= 0.6 is 0 Å². The van der Waals surface area contributed by atoms with Crippen LogP contribution in [0.3, 0.4) is 0 Å². The molecule has 5 N–H and O–H groups in total. The van der Waals surface area contributed by atoms with Crippen molar-refractivity contribution in [1.29, 1.82) is 0 Å². The van der Waals surface area contributed by atoms with Crippen LogP contribution in [-0.4, -0.2) is 67.1 Å². The van der Waals surface area contributed by atoms with Crippen LogP contribution in [0.2, 0.25) is 0 Å². The number of ether oxygens (including phenoxy) is 1. The fraction of sp³-hybridized carbons (Fsp3) is 0.625. The summed E-state index contributed by atoms with van der Waals surface area (Å²) in [5.74, 6) is -2.75. The van der Waals surface area contributed by atoms with Gasteiger partial charge in [0.05, 0.1) is 6.10 Å². The summed E-state index contributed by atoms with van der Waals surface area (Å²) in [7, 11) is 0. The third kappa shape index (κ3) is 5.33. The summed E-state index contributed by atoms with van der Waals surface area (Å²) in [4.78, 5) is 78.1. The van der Waals surface area contributed by atoms with Crippen LogP contribution < -0.4 is 16.9 Å². The van der Waals surface area contributed by atoms with Crippen molar-refractivity contribution in [3.63, 3.8) is 0 Å². The van der Waals surface area contributed by atoms with E-state index in [9.17, 15) is 33.9 Å². The molecule has 0 aliphatic heterocycles. The number of halogens is 2. The number of unbranched alkanes of at least 4 members (excludes halogenated alkanes) is 1. The number of carbonyl (C=O) groups excluding carboxylic acids is 3. The van der Waals surface area contributed by atoms with Gasteiger partial charge in [0.25, 0.3) is 5.56 Å². The van der Waals surface area contributed by atoms with Crippen molar-refractivity contribution in [2.75, 3.05) is 6.61 Å². The van der Waals surface area contributed by atoms with Crippen LogP contribution in [0.4, 0.5) is 8.78 Å². The Morgan fingerprint density at radius 1 is 1.04 bits per heavy atom. The summed E-state index contributed by atoms with van der Waals surface area (Å²) >= 11 is 0. The van der Waals surface area contributed by atoms with E-state index < -0.39 is 63.5 Å². The first kappa shape index (κ1) is 33.4. The Morgan fingerprint density at radius 3 is 2.39 bits per heavy atom. The van der Waals surface area contributed by atoms with Gasteiger partial charge in [-0.2, -0.15) is 0 Å². The molecule has 0 radical (unpaired) electrons. The molecule has 14 heteroatoms. The number of alkyl halides is 2. The molecule has 0 aromatic carbocycles. The largest absolute Gasteiger partial charge is 0.458 e. The minimum Gasteiger partial charge on any atom is -0.458 e. The summed E-state index contributed by atoms with van der Waals surface area (Å²) in [5.41, 5.74) is -5.87. The van der Waals surface area contributed by atoms with Crippen LogP contribution in [0.1, 0.15) is 66.2 Å². The minimum absolute atomic E-state index is 0.0413. The third-order valence-electron chi connectivity index (χ3n) is 10.8. The zero-order valence-corrected chi connectivity index (χ0v) is 26.2. The number of aromatic nitrogens is 4. The molecule has 0 saturated heterocycles. The molecule has 3 fully saturated rings. The maximum Gasteiger partial charge on any atom is 0.327 e. The Balaban J connectivity index is 0.000000289. The second-order valence-electron chi connectivity index (χ2n) is 13.6. The van der Waals surface area contributed by atoms with E-state index >= 15 is 8.78 Å². The van der Waals surface area contributed by atoms with Gasteiger partial charge in [0.1, 0.15) is 23.9 Å². The predicted molar refractivity (Wildman–Crippen MR) is 162 cm³/mol. The topological polar surface area (TPSA) is 195 Å². The number of aliphatic hydroxyl groups is 1. The van der Waals surface area contributed by atoms with Crippen molar-refractivity contribution < 1.29 is 33.0 Å². The highest BCUT2D eigenvalue weighted by Gasteiger charge is 2.73. The van der Waals surface area contributed by atoms with Crippen LogP contribution in [-0.2, 0) is 19.1 Å². The Bertz CT molecular complexity index is 1790. The average molecular weight is 647 g/mol. The Labute approximate surface area is 262 Å². The molecule has 0 unspecified atom stereocenters. The number of allylic oxidation sites excluding steroid dienone is 4. The molecule has 46 heavy (non-hydrogen) atoms. The van der Waals surface area contributed by atoms with E-state index in [1.165, 1.54) is 18.2 Å². The van der Waals surface area contributed by atoms with Gasteiger partial charge in [-0.1, -0.05) is 33.3 Å². The first-order valence-corrected chi connectivity index (χ1v) is 15.7. The molecule has 12 nitrogen and oxygen atoms in total. The summed E-state index contributed by atoms with van der Waals surface area (Å²) < 4.78 is 37.7. The number of Topliss-reactive ketones (excluding diaryl/α,β-unsaturated/α-hetero) is 1. The molecule has 3 saturated carbocycles. The normalized spacial score (nSPS) is 36.2. The second kappa shape index (κ2) is 12.0.